The van der Waals surface area contributed by atoms with Crippen LogP contribution in [0.2, 0.25) is 5.02 Å². The van der Waals surface area contributed by atoms with E-state index < -0.39 is 0 Å². The van der Waals surface area contributed by atoms with Gasteiger partial charge < -0.3 is 10.1 Å². The third kappa shape index (κ3) is 4.45. The zero-order chi connectivity index (χ0) is 16.1. The lowest BCUT2D eigenvalue weighted by atomic mass is 10.2. The molecule has 0 radical (unpaired) electrons. The Morgan fingerprint density at radius 1 is 1.45 bits per heavy atom. The summed E-state index contributed by atoms with van der Waals surface area (Å²) in [7, 11) is 1.56. The molecule has 0 aliphatic heterocycles. The van der Waals surface area contributed by atoms with Crippen LogP contribution in [0.3, 0.4) is 0 Å². The van der Waals surface area contributed by atoms with Crippen molar-refractivity contribution in [3.63, 3.8) is 0 Å². The molecule has 0 unspecified atom stereocenters. The van der Waals surface area contributed by atoms with Crippen molar-refractivity contribution >= 4 is 34.5 Å². The molecule has 0 fully saturated rings. The molecular formula is C16H19ClN2O2S. The lowest BCUT2D eigenvalue weighted by Gasteiger charge is -2.10. The molecule has 2 aromatic rings. The lowest BCUT2D eigenvalue weighted by molar-refractivity contribution is -0.116. The highest BCUT2D eigenvalue weighted by molar-refractivity contribution is 7.09. The molecule has 6 heteroatoms. The number of aryl methyl sites for hydroxylation is 1. The first kappa shape index (κ1) is 16.8. The number of rotatable bonds is 6. The Morgan fingerprint density at radius 2 is 2.23 bits per heavy atom. The average Bonchev–Trinajstić information content (AvgIpc) is 2.94. The predicted octanol–water partition coefficient (Wildman–Crippen LogP) is 4.50. The van der Waals surface area contributed by atoms with Crippen LogP contribution in [0, 0.1) is 0 Å². The quantitative estimate of drug-likeness (QED) is 0.843. The van der Waals surface area contributed by atoms with Gasteiger partial charge in [-0.25, -0.2) is 4.98 Å². The molecule has 4 nitrogen and oxygen atoms in total. The molecule has 0 bridgehead atoms. The number of hydrogen-bond donors (Lipinski definition) is 1. The highest BCUT2D eigenvalue weighted by atomic mass is 35.5. The van der Waals surface area contributed by atoms with Gasteiger partial charge in [-0.3, -0.25) is 4.79 Å². The van der Waals surface area contributed by atoms with Gasteiger partial charge in [0.15, 0.2) is 0 Å². The summed E-state index contributed by atoms with van der Waals surface area (Å²) in [6.07, 6.45) is 1.01. The van der Waals surface area contributed by atoms with E-state index >= 15 is 0 Å². The molecule has 118 valence electrons. The van der Waals surface area contributed by atoms with E-state index in [2.05, 4.69) is 29.5 Å². The lowest BCUT2D eigenvalue weighted by Crippen LogP contribution is -2.13. The minimum Gasteiger partial charge on any atom is -0.495 e. The van der Waals surface area contributed by atoms with Crippen LogP contribution < -0.4 is 10.1 Å². The van der Waals surface area contributed by atoms with Gasteiger partial charge >= 0.3 is 0 Å². The van der Waals surface area contributed by atoms with Crippen molar-refractivity contribution in [2.75, 3.05) is 12.4 Å². The summed E-state index contributed by atoms with van der Waals surface area (Å²) in [4.78, 5) is 16.6. The molecule has 2 rings (SSSR count). The second-order valence-electron chi connectivity index (χ2n) is 5.21. The summed E-state index contributed by atoms with van der Waals surface area (Å²) in [6, 6.07) is 5.13. The van der Waals surface area contributed by atoms with Gasteiger partial charge in [0.25, 0.3) is 0 Å². The van der Waals surface area contributed by atoms with Crippen LogP contribution >= 0.6 is 22.9 Å². The second-order valence-corrected chi connectivity index (χ2v) is 6.59. The molecule has 0 aliphatic carbocycles. The first-order chi connectivity index (χ1) is 10.5. The van der Waals surface area contributed by atoms with E-state index in [4.69, 9.17) is 16.3 Å². The number of ether oxygens (including phenoxy) is 1. The number of nitrogens with one attached hydrogen (secondary N) is 1. The number of hydrogen-bond acceptors (Lipinski definition) is 4. The number of anilines is 1. The van der Waals surface area contributed by atoms with E-state index in [1.165, 1.54) is 0 Å². The van der Waals surface area contributed by atoms with Crippen molar-refractivity contribution in [2.45, 2.75) is 32.6 Å². The van der Waals surface area contributed by atoms with Crippen molar-refractivity contribution in [2.24, 2.45) is 0 Å². The summed E-state index contributed by atoms with van der Waals surface area (Å²) in [5.74, 6) is 0.922. The molecule has 1 N–H and O–H groups in total. The number of carbonyl (C=O) groups is 1. The first-order valence-electron chi connectivity index (χ1n) is 7.07. The van der Waals surface area contributed by atoms with E-state index in [1.54, 1.807) is 36.6 Å². The fraction of sp³-hybridized carbons (Fsp3) is 0.375. The maximum atomic E-state index is 12.1. The third-order valence-electron chi connectivity index (χ3n) is 3.16. The van der Waals surface area contributed by atoms with E-state index in [9.17, 15) is 4.79 Å². The van der Waals surface area contributed by atoms with E-state index in [1.807, 2.05) is 0 Å². The number of nitrogens with zero attached hydrogens (tertiary/aromatic N) is 1. The minimum atomic E-state index is -0.0816. The Morgan fingerprint density at radius 3 is 2.86 bits per heavy atom. The highest BCUT2D eigenvalue weighted by Crippen LogP contribution is 2.28. The Hall–Kier alpha value is -1.59. The summed E-state index contributed by atoms with van der Waals surface area (Å²) in [5.41, 5.74) is 1.67. The third-order valence-corrected chi connectivity index (χ3v) is 4.32. The normalized spacial score (nSPS) is 10.8. The van der Waals surface area contributed by atoms with Gasteiger partial charge in [-0.15, -0.1) is 11.3 Å². The molecule has 22 heavy (non-hydrogen) atoms. The van der Waals surface area contributed by atoms with Crippen LogP contribution in [-0.4, -0.2) is 18.0 Å². The van der Waals surface area contributed by atoms with Gasteiger partial charge in [-0.2, -0.15) is 0 Å². The number of amides is 1. The Labute approximate surface area is 139 Å². The van der Waals surface area contributed by atoms with Crippen molar-refractivity contribution < 1.29 is 9.53 Å². The van der Waals surface area contributed by atoms with Crippen molar-refractivity contribution in [3.05, 3.63) is 39.3 Å². The number of aromatic nitrogens is 1. The predicted molar refractivity (Wildman–Crippen MR) is 91.2 cm³/mol. The Kier molecular flexibility index (Phi) is 5.80. The van der Waals surface area contributed by atoms with Gasteiger partial charge in [0.1, 0.15) is 5.75 Å². The second kappa shape index (κ2) is 7.61. The Bertz CT molecular complexity index is 655. The molecule has 1 heterocycles. The van der Waals surface area contributed by atoms with Gasteiger partial charge in [-0.05, 0) is 24.1 Å². The fourth-order valence-corrected chi connectivity index (χ4v) is 3.05. The van der Waals surface area contributed by atoms with Crippen molar-refractivity contribution in [1.82, 2.24) is 4.98 Å². The highest BCUT2D eigenvalue weighted by Gasteiger charge is 2.11. The molecule has 1 aromatic heterocycles. The zero-order valence-corrected chi connectivity index (χ0v) is 14.4. The van der Waals surface area contributed by atoms with Gasteiger partial charge in [0, 0.05) is 23.2 Å². The maximum Gasteiger partial charge on any atom is 0.224 e. The van der Waals surface area contributed by atoms with Gasteiger partial charge in [-0.1, -0.05) is 25.4 Å². The molecule has 1 aromatic carbocycles. The van der Waals surface area contributed by atoms with Crippen molar-refractivity contribution in [1.29, 1.82) is 0 Å². The number of halogens is 1. The van der Waals surface area contributed by atoms with Crippen LogP contribution in [-0.2, 0) is 11.2 Å². The van der Waals surface area contributed by atoms with Gasteiger partial charge in [0.05, 0.1) is 23.5 Å². The SMILES string of the molecule is COc1ccc(Cl)cc1NC(=O)CCc1nc(C(C)C)cs1. The molecule has 0 spiro atoms. The average molecular weight is 339 g/mol. The monoisotopic (exact) mass is 338 g/mol. The van der Waals surface area contributed by atoms with Crippen LogP contribution in [0.25, 0.3) is 0 Å². The van der Waals surface area contributed by atoms with Gasteiger partial charge in [0.2, 0.25) is 5.91 Å². The molecule has 0 atom stereocenters. The smallest absolute Gasteiger partial charge is 0.224 e. The summed E-state index contributed by atoms with van der Waals surface area (Å²) >= 11 is 7.55. The summed E-state index contributed by atoms with van der Waals surface area (Å²) < 4.78 is 5.21. The zero-order valence-electron chi connectivity index (χ0n) is 12.9. The van der Waals surface area contributed by atoms with Crippen LogP contribution in [0.1, 0.15) is 36.9 Å². The number of benzene rings is 1. The molecule has 1 amide bonds. The molecule has 0 saturated carbocycles. The number of thiazole rings is 1. The first-order valence-corrected chi connectivity index (χ1v) is 8.33. The minimum absolute atomic E-state index is 0.0816. The van der Waals surface area contributed by atoms with E-state index in [0.717, 1.165) is 10.7 Å². The molecule has 0 saturated heterocycles. The van der Waals surface area contributed by atoms with Crippen molar-refractivity contribution in [3.8, 4) is 5.75 Å². The van der Waals surface area contributed by atoms with Crippen LogP contribution in [0.5, 0.6) is 5.75 Å². The fourth-order valence-electron chi connectivity index (χ4n) is 1.92. The standard InChI is InChI=1S/C16H19ClN2O2S/c1-10(2)13-9-22-16(19-13)7-6-15(20)18-12-8-11(17)4-5-14(12)21-3/h4-5,8-10H,6-7H2,1-3H3,(H,18,20). The number of methoxy groups -OCH3 is 1. The van der Waals surface area contributed by atoms with E-state index in [0.29, 0.717) is 35.2 Å². The molecule has 0 aliphatic rings. The van der Waals surface area contributed by atoms with Crippen LogP contribution in [0.4, 0.5) is 5.69 Å². The maximum absolute atomic E-state index is 12.1. The largest absolute Gasteiger partial charge is 0.495 e. The summed E-state index contributed by atoms with van der Waals surface area (Å²) in [5, 5.41) is 6.42. The van der Waals surface area contributed by atoms with E-state index in [-0.39, 0.29) is 5.91 Å². The topological polar surface area (TPSA) is 51.2 Å². The molecular weight excluding hydrogens is 320 g/mol. The van der Waals surface area contributed by atoms with Crippen LogP contribution in [0.15, 0.2) is 23.6 Å². The Balaban J connectivity index is 1.94. The number of carbonyl (C=O) groups excluding carboxylic acids is 1. The summed E-state index contributed by atoms with van der Waals surface area (Å²) in [6.45, 7) is 4.22.